The van der Waals surface area contributed by atoms with Crippen LogP contribution in [0.4, 0.5) is 17.1 Å². The molecule has 3 aromatic rings. The number of benzene rings is 2. The summed E-state index contributed by atoms with van der Waals surface area (Å²) in [6.07, 6.45) is 0. The van der Waals surface area contributed by atoms with E-state index in [4.69, 9.17) is 14.9 Å². The molecule has 3 N–H and O–H groups in total. The Hall–Kier alpha value is -3.17. The number of aliphatic hydroxyl groups is 1. The molecule has 27 heavy (non-hydrogen) atoms. The molecule has 0 fully saturated rings. The Balaban J connectivity index is 1.88. The van der Waals surface area contributed by atoms with Crippen molar-refractivity contribution >= 4 is 28.0 Å². The molecule has 0 unspecified atom stereocenters. The summed E-state index contributed by atoms with van der Waals surface area (Å²) in [5, 5.41) is 32.2. The van der Waals surface area contributed by atoms with Crippen LogP contribution in [0.5, 0.6) is 5.75 Å². The van der Waals surface area contributed by atoms with E-state index in [-0.39, 0.29) is 17.2 Å². The van der Waals surface area contributed by atoms with Crippen LogP contribution in [0, 0.1) is 10.1 Å². The van der Waals surface area contributed by atoms with Crippen LogP contribution < -0.4 is 15.4 Å². The Labute approximate surface area is 154 Å². The summed E-state index contributed by atoms with van der Waals surface area (Å²) in [6.45, 7) is 1.78. The Kier molecular flexibility index (Phi) is 4.38. The summed E-state index contributed by atoms with van der Waals surface area (Å²) in [5.74, 6) is 0.691. The van der Waals surface area contributed by atoms with Gasteiger partial charge in [0.05, 0.1) is 36.1 Å². The van der Waals surface area contributed by atoms with Crippen molar-refractivity contribution < 1.29 is 14.8 Å². The molecule has 2 heterocycles. The highest BCUT2D eigenvalue weighted by atomic mass is 16.6. The van der Waals surface area contributed by atoms with E-state index >= 15 is 0 Å². The number of aromatic nitrogens is 2. The van der Waals surface area contributed by atoms with Crippen molar-refractivity contribution in [1.29, 1.82) is 0 Å². The Morgan fingerprint density at radius 2 is 2.19 bits per heavy atom. The van der Waals surface area contributed by atoms with E-state index in [0.717, 1.165) is 22.2 Å². The number of nitrogens with zero attached hydrogens (tertiary/aromatic N) is 3. The standard InChI is InChI=1S/C18H19N5O4/c1-27-11-2-3-13-12(10-11)17-16-14(22(21-17)8-6-19-7-9-24)4-5-15(23(25)26)18(16)20-13/h2-5,10,19-20,24H,6-9H2,1H3. The highest BCUT2D eigenvalue weighted by Gasteiger charge is 2.29. The Morgan fingerprint density at radius 3 is 2.93 bits per heavy atom. The van der Waals surface area contributed by atoms with E-state index in [1.165, 1.54) is 6.07 Å². The number of hydrogen-bond acceptors (Lipinski definition) is 7. The van der Waals surface area contributed by atoms with Crippen molar-refractivity contribution in [3.05, 3.63) is 40.4 Å². The zero-order chi connectivity index (χ0) is 19.0. The third-order valence-corrected chi connectivity index (χ3v) is 4.62. The lowest BCUT2D eigenvalue weighted by atomic mass is 9.99. The molecule has 9 heteroatoms. The molecular formula is C18H19N5O4. The Bertz CT molecular complexity index is 1030. The van der Waals surface area contributed by atoms with Gasteiger partial charge >= 0.3 is 0 Å². The van der Waals surface area contributed by atoms with Gasteiger partial charge < -0.3 is 20.5 Å². The first-order chi connectivity index (χ1) is 13.1. The van der Waals surface area contributed by atoms with Gasteiger partial charge in [-0.25, -0.2) is 0 Å². The minimum Gasteiger partial charge on any atom is -0.497 e. The van der Waals surface area contributed by atoms with E-state index in [1.54, 1.807) is 19.2 Å². The van der Waals surface area contributed by atoms with Crippen LogP contribution in [-0.4, -0.2) is 46.6 Å². The number of methoxy groups -OCH3 is 1. The predicted octanol–water partition coefficient (Wildman–Crippen LogP) is 2.26. The number of aliphatic hydroxyl groups excluding tert-OH is 1. The SMILES string of the molecule is COc1ccc2c(c1)-c1nn(CCNCCO)c3ccc([N+](=O)[O-])c(c13)N2. The number of nitro benzene ring substituents is 1. The maximum Gasteiger partial charge on any atom is 0.293 e. The van der Waals surface area contributed by atoms with Crippen molar-refractivity contribution in [3.63, 3.8) is 0 Å². The minimum atomic E-state index is -0.389. The number of hydrogen-bond donors (Lipinski definition) is 3. The van der Waals surface area contributed by atoms with Crippen LogP contribution in [0.25, 0.3) is 22.2 Å². The summed E-state index contributed by atoms with van der Waals surface area (Å²) < 4.78 is 7.15. The summed E-state index contributed by atoms with van der Waals surface area (Å²) in [5.41, 5.74) is 3.58. The van der Waals surface area contributed by atoms with Crippen LogP contribution in [0.2, 0.25) is 0 Å². The summed E-state index contributed by atoms with van der Waals surface area (Å²) in [6, 6.07) is 8.75. The van der Waals surface area contributed by atoms with Crippen molar-refractivity contribution in [2.75, 3.05) is 32.1 Å². The topological polar surface area (TPSA) is 114 Å². The van der Waals surface area contributed by atoms with E-state index in [2.05, 4.69) is 10.6 Å². The van der Waals surface area contributed by atoms with Crippen molar-refractivity contribution in [3.8, 4) is 17.0 Å². The molecule has 0 bridgehead atoms. The molecule has 0 spiro atoms. The third kappa shape index (κ3) is 2.86. The summed E-state index contributed by atoms with van der Waals surface area (Å²) in [7, 11) is 1.60. The van der Waals surface area contributed by atoms with Crippen molar-refractivity contribution in [1.82, 2.24) is 15.1 Å². The van der Waals surface area contributed by atoms with E-state index < -0.39 is 0 Å². The van der Waals surface area contributed by atoms with Crippen LogP contribution >= 0.6 is 0 Å². The van der Waals surface area contributed by atoms with Gasteiger partial charge in [-0.3, -0.25) is 14.8 Å². The lowest BCUT2D eigenvalue weighted by molar-refractivity contribution is -0.383. The maximum absolute atomic E-state index is 11.5. The second-order valence-electron chi connectivity index (χ2n) is 6.19. The van der Waals surface area contributed by atoms with Gasteiger partial charge in [-0.15, -0.1) is 0 Å². The summed E-state index contributed by atoms with van der Waals surface area (Å²) >= 11 is 0. The van der Waals surface area contributed by atoms with Gasteiger partial charge in [-0.1, -0.05) is 0 Å². The molecule has 4 rings (SSSR count). The van der Waals surface area contributed by atoms with Crippen molar-refractivity contribution in [2.45, 2.75) is 6.54 Å². The van der Waals surface area contributed by atoms with Gasteiger partial charge in [0.15, 0.2) is 0 Å². The van der Waals surface area contributed by atoms with Gasteiger partial charge in [0.1, 0.15) is 17.1 Å². The minimum absolute atomic E-state index is 0.0168. The molecule has 0 saturated heterocycles. The first kappa shape index (κ1) is 17.3. The second kappa shape index (κ2) is 6.86. The molecule has 0 aliphatic carbocycles. The molecular weight excluding hydrogens is 350 g/mol. The second-order valence-corrected chi connectivity index (χ2v) is 6.19. The summed E-state index contributed by atoms with van der Waals surface area (Å²) in [4.78, 5) is 11.1. The zero-order valence-electron chi connectivity index (χ0n) is 14.7. The molecule has 1 aliphatic heterocycles. The van der Waals surface area contributed by atoms with Gasteiger partial charge in [-0.2, -0.15) is 5.10 Å². The first-order valence-electron chi connectivity index (χ1n) is 8.59. The lowest BCUT2D eigenvalue weighted by Crippen LogP contribution is -2.23. The van der Waals surface area contributed by atoms with Crippen LogP contribution in [0.3, 0.4) is 0 Å². The smallest absolute Gasteiger partial charge is 0.293 e. The van der Waals surface area contributed by atoms with Gasteiger partial charge in [0.2, 0.25) is 0 Å². The quantitative estimate of drug-likeness (QED) is 0.260. The van der Waals surface area contributed by atoms with Crippen LogP contribution in [-0.2, 0) is 6.54 Å². The molecule has 140 valence electrons. The number of anilines is 2. The average molecular weight is 369 g/mol. The van der Waals surface area contributed by atoms with Gasteiger partial charge in [0, 0.05) is 30.4 Å². The molecule has 1 aromatic heterocycles. The monoisotopic (exact) mass is 369 g/mol. The molecule has 0 radical (unpaired) electrons. The maximum atomic E-state index is 11.5. The molecule has 1 aliphatic rings. The fourth-order valence-electron chi connectivity index (χ4n) is 3.38. The van der Waals surface area contributed by atoms with Gasteiger partial charge in [0.25, 0.3) is 5.69 Å². The molecule has 2 aromatic carbocycles. The third-order valence-electron chi connectivity index (χ3n) is 4.62. The number of nitro groups is 1. The number of nitrogens with one attached hydrogen (secondary N) is 2. The fraction of sp³-hybridized carbons (Fsp3) is 0.278. The highest BCUT2D eigenvalue weighted by Crippen LogP contribution is 2.47. The van der Waals surface area contributed by atoms with Gasteiger partial charge in [-0.05, 0) is 24.3 Å². The molecule has 9 nitrogen and oxygen atoms in total. The van der Waals surface area contributed by atoms with Crippen molar-refractivity contribution in [2.24, 2.45) is 0 Å². The number of ether oxygens (including phenoxy) is 1. The molecule has 0 atom stereocenters. The van der Waals surface area contributed by atoms with E-state index in [1.807, 2.05) is 16.8 Å². The first-order valence-corrected chi connectivity index (χ1v) is 8.59. The normalized spacial score (nSPS) is 11.9. The van der Waals surface area contributed by atoms with E-state index in [0.29, 0.717) is 36.8 Å². The molecule has 0 amide bonds. The number of fused-ring (bicyclic) bond motifs is 2. The van der Waals surface area contributed by atoms with E-state index in [9.17, 15) is 10.1 Å². The average Bonchev–Trinajstić information content (AvgIpc) is 3.05. The Morgan fingerprint density at radius 1 is 1.33 bits per heavy atom. The predicted molar refractivity (Wildman–Crippen MR) is 102 cm³/mol. The largest absolute Gasteiger partial charge is 0.497 e. The number of rotatable bonds is 7. The molecule has 0 saturated carbocycles. The zero-order valence-corrected chi connectivity index (χ0v) is 14.7. The highest BCUT2D eigenvalue weighted by molar-refractivity contribution is 6.12. The lowest BCUT2D eigenvalue weighted by Gasteiger charge is -2.18. The van der Waals surface area contributed by atoms with Crippen LogP contribution in [0.1, 0.15) is 0 Å². The fourth-order valence-corrected chi connectivity index (χ4v) is 3.38. The van der Waals surface area contributed by atoms with Crippen LogP contribution in [0.15, 0.2) is 30.3 Å².